The summed E-state index contributed by atoms with van der Waals surface area (Å²) in [6.07, 6.45) is 2.82. The van der Waals surface area contributed by atoms with E-state index in [1.165, 1.54) is 17.9 Å². The van der Waals surface area contributed by atoms with Crippen LogP contribution < -0.4 is 10.1 Å². The first-order valence-electron chi connectivity index (χ1n) is 10.4. The first-order chi connectivity index (χ1) is 15.5. The van der Waals surface area contributed by atoms with Gasteiger partial charge in [-0.25, -0.2) is 9.07 Å². The third-order valence-corrected chi connectivity index (χ3v) is 5.59. The van der Waals surface area contributed by atoms with Crippen molar-refractivity contribution >= 4 is 11.8 Å². The minimum absolute atomic E-state index is 0.0330. The van der Waals surface area contributed by atoms with E-state index in [1.54, 1.807) is 48.4 Å². The van der Waals surface area contributed by atoms with Gasteiger partial charge in [0.1, 0.15) is 11.6 Å². The average Bonchev–Trinajstić information content (AvgIpc) is 3.31. The number of ether oxygens (including phenoxy) is 1. The zero-order valence-electron chi connectivity index (χ0n) is 17.9. The standard InChI is InChI=1S/C23H24FN5O3/c1-15-13-17(7-8-19(15)24)29-14-20(26-27-29)23(31)28-11-9-16(10-12-28)25-22(30)18-5-3-4-6-21(18)32-2/h3-8,13-14,16H,9-12H2,1-2H3,(H,25,30). The quantitative estimate of drug-likeness (QED) is 0.663. The van der Waals surface area contributed by atoms with Crippen molar-refractivity contribution in [3.63, 3.8) is 0 Å². The Labute approximate surface area is 185 Å². The molecule has 1 N–H and O–H groups in total. The number of aromatic nitrogens is 3. The van der Waals surface area contributed by atoms with Gasteiger partial charge in [0, 0.05) is 19.1 Å². The first-order valence-corrected chi connectivity index (χ1v) is 10.4. The van der Waals surface area contributed by atoms with Crippen LogP contribution in [-0.2, 0) is 0 Å². The number of piperidine rings is 1. The van der Waals surface area contributed by atoms with Crippen LogP contribution in [0.1, 0.15) is 39.3 Å². The molecule has 2 heterocycles. The largest absolute Gasteiger partial charge is 0.496 e. The number of carbonyl (C=O) groups is 2. The van der Waals surface area contributed by atoms with Crippen molar-refractivity contribution in [2.45, 2.75) is 25.8 Å². The maximum Gasteiger partial charge on any atom is 0.276 e. The molecular weight excluding hydrogens is 413 g/mol. The van der Waals surface area contributed by atoms with Crippen LogP contribution in [0, 0.1) is 12.7 Å². The average molecular weight is 437 g/mol. The molecule has 0 atom stereocenters. The Balaban J connectivity index is 1.35. The van der Waals surface area contributed by atoms with Gasteiger partial charge in [0.25, 0.3) is 11.8 Å². The summed E-state index contributed by atoms with van der Waals surface area (Å²) < 4.78 is 20.2. The summed E-state index contributed by atoms with van der Waals surface area (Å²) in [6, 6.07) is 11.6. The summed E-state index contributed by atoms with van der Waals surface area (Å²) >= 11 is 0. The molecule has 0 saturated carbocycles. The van der Waals surface area contributed by atoms with Crippen LogP contribution in [0.3, 0.4) is 0 Å². The Morgan fingerprint density at radius 1 is 1.16 bits per heavy atom. The molecule has 2 aromatic carbocycles. The number of hydrogen-bond acceptors (Lipinski definition) is 5. The highest BCUT2D eigenvalue weighted by Crippen LogP contribution is 2.19. The van der Waals surface area contributed by atoms with E-state index in [0.29, 0.717) is 48.5 Å². The predicted molar refractivity (Wildman–Crippen MR) is 115 cm³/mol. The molecule has 0 spiro atoms. The maximum absolute atomic E-state index is 13.5. The van der Waals surface area contributed by atoms with Crippen molar-refractivity contribution in [1.82, 2.24) is 25.2 Å². The fraction of sp³-hybridized carbons (Fsp3) is 0.304. The van der Waals surface area contributed by atoms with Crippen LogP contribution in [0.15, 0.2) is 48.7 Å². The summed E-state index contributed by atoms with van der Waals surface area (Å²) in [5.41, 5.74) is 1.83. The van der Waals surface area contributed by atoms with Gasteiger partial charge in [-0.05, 0) is 55.7 Å². The van der Waals surface area contributed by atoms with Crippen molar-refractivity contribution in [2.75, 3.05) is 20.2 Å². The number of para-hydroxylation sites is 1. The highest BCUT2D eigenvalue weighted by Gasteiger charge is 2.27. The van der Waals surface area contributed by atoms with Crippen LogP contribution >= 0.6 is 0 Å². The van der Waals surface area contributed by atoms with Crippen molar-refractivity contribution in [3.8, 4) is 11.4 Å². The topological polar surface area (TPSA) is 89.4 Å². The molecule has 1 saturated heterocycles. The molecule has 3 aromatic rings. The predicted octanol–water partition coefficient (Wildman–Crippen LogP) is 2.76. The summed E-state index contributed by atoms with van der Waals surface area (Å²) in [5, 5.41) is 11.0. The van der Waals surface area contributed by atoms with Gasteiger partial charge in [0.2, 0.25) is 0 Å². The normalized spacial score (nSPS) is 14.3. The highest BCUT2D eigenvalue weighted by molar-refractivity contribution is 5.97. The van der Waals surface area contributed by atoms with Crippen molar-refractivity contribution < 1.29 is 18.7 Å². The van der Waals surface area contributed by atoms with Gasteiger partial charge in [-0.3, -0.25) is 9.59 Å². The zero-order valence-corrected chi connectivity index (χ0v) is 17.9. The first kappa shape index (κ1) is 21.5. The SMILES string of the molecule is COc1ccccc1C(=O)NC1CCN(C(=O)c2cn(-c3ccc(F)c(C)c3)nn2)CC1. The zero-order chi connectivity index (χ0) is 22.7. The van der Waals surface area contributed by atoms with E-state index < -0.39 is 0 Å². The van der Waals surface area contributed by atoms with E-state index in [0.717, 1.165) is 0 Å². The van der Waals surface area contributed by atoms with Crippen LogP contribution in [0.2, 0.25) is 0 Å². The number of halogens is 1. The molecule has 166 valence electrons. The lowest BCUT2D eigenvalue weighted by molar-refractivity contribution is 0.0692. The van der Waals surface area contributed by atoms with Crippen LogP contribution in [0.4, 0.5) is 4.39 Å². The van der Waals surface area contributed by atoms with E-state index in [4.69, 9.17) is 4.74 Å². The van der Waals surface area contributed by atoms with Crippen molar-refractivity contribution in [3.05, 3.63) is 71.3 Å². The van der Waals surface area contributed by atoms with E-state index in [9.17, 15) is 14.0 Å². The third kappa shape index (κ3) is 4.46. The number of aryl methyl sites for hydroxylation is 1. The van der Waals surface area contributed by atoms with Crippen LogP contribution in [-0.4, -0.2) is 57.9 Å². The molecule has 32 heavy (non-hydrogen) atoms. The molecule has 1 aliphatic heterocycles. The fourth-order valence-electron chi connectivity index (χ4n) is 3.74. The second-order valence-electron chi connectivity index (χ2n) is 7.72. The van der Waals surface area contributed by atoms with E-state index in [1.807, 2.05) is 6.07 Å². The number of nitrogens with one attached hydrogen (secondary N) is 1. The Hall–Kier alpha value is -3.75. The number of nitrogens with zero attached hydrogens (tertiary/aromatic N) is 4. The Kier molecular flexibility index (Phi) is 6.16. The summed E-state index contributed by atoms with van der Waals surface area (Å²) in [7, 11) is 1.53. The molecule has 8 nitrogen and oxygen atoms in total. The monoisotopic (exact) mass is 437 g/mol. The molecule has 0 aliphatic carbocycles. The van der Waals surface area contributed by atoms with E-state index in [-0.39, 0.29) is 29.4 Å². The number of methoxy groups -OCH3 is 1. The van der Waals surface area contributed by atoms with Crippen LogP contribution in [0.5, 0.6) is 5.75 Å². The van der Waals surface area contributed by atoms with E-state index in [2.05, 4.69) is 15.6 Å². The molecular formula is C23H24FN5O3. The minimum atomic E-state index is -0.300. The minimum Gasteiger partial charge on any atom is -0.496 e. The van der Waals surface area contributed by atoms with Gasteiger partial charge in [-0.2, -0.15) is 0 Å². The number of likely N-dealkylation sites (tertiary alicyclic amines) is 1. The Morgan fingerprint density at radius 2 is 1.91 bits per heavy atom. The molecule has 0 unspecified atom stereocenters. The Morgan fingerprint density at radius 3 is 2.62 bits per heavy atom. The van der Waals surface area contributed by atoms with Crippen LogP contribution in [0.25, 0.3) is 5.69 Å². The fourth-order valence-corrected chi connectivity index (χ4v) is 3.74. The van der Waals surface area contributed by atoms with Crippen molar-refractivity contribution in [2.24, 2.45) is 0 Å². The molecule has 2 amide bonds. The Bertz CT molecular complexity index is 1140. The summed E-state index contributed by atoms with van der Waals surface area (Å²) in [5.74, 6) is -0.183. The molecule has 0 radical (unpaired) electrons. The van der Waals surface area contributed by atoms with Gasteiger partial charge in [-0.15, -0.1) is 5.10 Å². The number of hydrogen-bond donors (Lipinski definition) is 1. The lowest BCUT2D eigenvalue weighted by Gasteiger charge is -2.32. The second kappa shape index (κ2) is 9.17. The molecule has 0 bridgehead atoms. The molecule has 4 rings (SSSR count). The second-order valence-corrected chi connectivity index (χ2v) is 7.72. The van der Waals surface area contributed by atoms with E-state index >= 15 is 0 Å². The van der Waals surface area contributed by atoms with Gasteiger partial charge in [-0.1, -0.05) is 17.3 Å². The molecule has 1 aliphatic rings. The smallest absolute Gasteiger partial charge is 0.276 e. The van der Waals surface area contributed by atoms with Crippen molar-refractivity contribution in [1.29, 1.82) is 0 Å². The van der Waals surface area contributed by atoms with Gasteiger partial charge >= 0.3 is 0 Å². The molecule has 1 aromatic heterocycles. The molecule has 1 fully saturated rings. The summed E-state index contributed by atoms with van der Waals surface area (Å²) in [4.78, 5) is 27.1. The number of rotatable bonds is 5. The lowest BCUT2D eigenvalue weighted by atomic mass is 10.0. The number of amides is 2. The number of benzene rings is 2. The lowest BCUT2D eigenvalue weighted by Crippen LogP contribution is -2.46. The molecule has 9 heteroatoms. The van der Waals surface area contributed by atoms with Gasteiger partial charge < -0.3 is 15.0 Å². The summed E-state index contributed by atoms with van der Waals surface area (Å²) in [6.45, 7) is 2.66. The number of carbonyl (C=O) groups excluding carboxylic acids is 2. The van der Waals surface area contributed by atoms with Gasteiger partial charge in [0.15, 0.2) is 5.69 Å². The third-order valence-electron chi connectivity index (χ3n) is 5.59. The highest BCUT2D eigenvalue weighted by atomic mass is 19.1. The maximum atomic E-state index is 13.5. The van der Waals surface area contributed by atoms with Gasteiger partial charge in [0.05, 0.1) is 24.6 Å².